The second-order valence-electron chi connectivity index (χ2n) is 11.2. The van der Waals surface area contributed by atoms with Crippen LogP contribution in [0.25, 0.3) is 6.08 Å². The summed E-state index contributed by atoms with van der Waals surface area (Å²) in [6.45, 7) is 5.70. The third-order valence-electron chi connectivity index (χ3n) is 7.63. The molecule has 0 fully saturated rings. The molecule has 4 aromatic rings. The first-order chi connectivity index (χ1) is 25.1. The lowest BCUT2D eigenvalue weighted by Crippen LogP contribution is -2.42. The van der Waals surface area contributed by atoms with Crippen LogP contribution in [0.2, 0.25) is 10.0 Å². The Hall–Kier alpha value is -3.94. The Bertz CT molecular complexity index is 2060. The molecule has 0 saturated heterocycles. The molecule has 4 aromatic carbocycles. The summed E-state index contributed by atoms with van der Waals surface area (Å²) in [7, 11) is 0. The summed E-state index contributed by atoms with van der Waals surface area (Å²) in [6, 6.07) is 27.6. The highest BCUT2D eigenvalue weighted by Crippen LogP contribution is 2.35. The maximum atomic E-state index is 14.1. The van der Waals surface area contributed by atoms with E-state index < -0.39 is 17.9 Å². The minimum absolute atomic E-state index is 0.0838. The van der Waals surface area contributed by atoms with E-state index in [0.29, 0.717) is 31.5 Å². The van der Waals surface area contributed by atoms with Crippen LogP contribution in [0.1, 0.15) is 35.2 Å². The van der Waals surface area contributed by atoms with E-state index in [0.717, 1.165) is 32.0 Å². The smallest absolute Gasteiger partial charge is 0.285 e. The van der Waals surface area contributed by atoms with Gasteiger partial charge in [-0.1, -0.05) is 127 Å². The number of ether oxygens (including phenoxy) is 1. The molecule has 3 amide bonds. The summed E-state index contributed by atoms with van der Waals surface area (Å²) in [5.74, 6) is -1.13. The van der Waals surface area contributed by atoms with E-state index in [4.69, 9.17) is 27.9 Å². The van der Waals surface area contributed by atoms with Crippen LogP contribution in [0.3, 0.4) is 0 Å². The minimum atomic E-state index is -0.720. The third-order valence-corrected chi connectivity index (χ3v) is 10.5. The van der Waals surface area contributed by atoms with Crippen molar-refractivity contribution in [2.24, 2.45) is 4.99 Å². The summed E-state index contributed by atoms with van der Waals surface area (Å²) in [4.78, 5) is 46.7. The monoisotopic (exact) mass is 925 g/mol. The van der Waals surface area contributed by atoms with Gasteiger partial charge in [0.25, 0.3) is 11.8 Å². The van der Waals surface area contributed by atoms with Crippen molar-refractivity contribution in [2.75, 3.05) is 5.75 Å². The van der Waals surface area contributed by atoms with Crippen LogP contribution in [0.4, 0.5) is 0 Å². The van der Waals surface area contributed by atoms with E-state index in [1.54, 1.807) is 61.6 Å². The average molecular weight is 927 g/mol. The number of halogens is 4. The predicted molar refractivity (Wildman–Crippen MR) is 223 cm³/mol. The van der Waals surface area contributed by atoms with Gasteiger partial charge in [-0.25, -0.2) is 0 Å². The zero-order valence-corrected chi connectivity index (χ0v) is 33.8. The van der Waals surface area contributed by atoms with Gasteiger partial charge in [-0.15, -0.1) is 0 Å². The summed E-state index contributed by atoms with van der Waals surface area (Å²) in [5.41, 5.74) is 3.49. The molecule has 1 aliphatic rings. The lowest BCUT2D eigenvalue weighted by Gasteiger charge is -2.28. The fourth-order valence-corrected chi connectivity index (χ4v) is 8.19. The van der Waals surface area contributed by atoms with Gasteiger partial charge in [0.15, 0.2) is 5.17 Å². The number of carbonyl (C=O) groups excluding carboxylic acids is 3. The topological polar surface area (TPSA) is 88.1 Å². The van der Waals surface area contributed by atoms with E-state index in [1.807, 2.05) is 60.7 Å². The fourth-order valence-electron chi connectivity index (χ4n) is 5.15. The molecule has 7 nitrogen and oxygen atoms in total. The van der Waals surface area contributed by atoms with Gasteiger partial charge >= 0.3 is 0 Å². The Balaban J connectivity index is 1.39. The van der Waals surface area contributed by atoms with E-state index >= 15 is 0 Å². The lowest BCUT2D eigenvalue weighted by molar-refractivity contribution is -0.126. The SMILES string of the molecule is C=C/C=C\C(=C/C)N1C(=O)/C(=C/c2cc(Br)c(OCc3ccc(Cl)cc3Cl)c(I)c2)C(=O)N=C1SCC(=O)NC(c1ccccc1)c1ccccc1. The lowest BCUT2D eigenvalue weighted by atomic mass is 9.99. The number of nitrogens with one attached hydrogen (secondary N) is 1. The van der Waals surface area contributed by atoms with E-state index in [2.05, 4.69) is 55.4 Å². The molecule has 0 spiro atoms. The molecule has 1 aliphatic heterocycles. The third kappa shape index (κ3) is 9.93. The molecular formula is C40H31BrCl2IN3O4S. The summed E-state index contributed by atoms with van der Waals surface area (Å²) < 4.78 is 7.42. The van der Waals surface area contributed by atoms with Gasteiger partial charge in [-0.3, -0.25) is 19.3 Å². The number of hydrogen-bond acceptors (Lipinski definition) is 5. The van der Waals surface area contributed by atoms with Crippen molar-refractivity contribution in [2.45, 2.75) is 19.6 Å². The standard InChI is InChI=1S/C40H31BrCl2IN3O4S/c1-3-5-16-30(4-2)47-39(50)31(19-25-20-32(41)37(34(44)21-25)51-23-28-17-18-29(42)22-33(28)43)38(49)46-40(47)52-24-35(48)45-36(26-12-8-6-9-13-26)27-14-10-7-11-15-27/h3-22,36H,1,23-24H2,2H3,(H,45,48)/b16-5-,30-4+,31-19+. The van der Waals surface area contributed by atoms with Gasteiger partial charge in [-0.05, 0) is 98.6 Å². The molecule has 0 bridgehead atoms. The number of thioether (sulfide) groups is 1. The van der Waals surface area contributed by atoms with Gasteiger partial charge < -0.3 is 10.1 Å². The second-order valence-corrected chi connectivity index (χ2v) is 15.0. The van der Waals surface area contributed by atoms with Crippen LogP contribution >= 0.6 is 73.5 Å². The van der Waals surface area contributed by atoms with Crippen molar-refractivity contribution >= 4 is 102 Å². The Labute approximate surface area is 338 Å². The molecule has 12 heteroatoms. The average Bonchev–Trinajstić information content (AvgIpc) is 3.13. The van der Waals surface area contributed by atoms with Crippen LogP contribution in [0.5, 0.6) is 5.75 Å². The van der Waals surface area contributed by atoms with Gasteiger partial charge in [0.1, 0.15) is 17.9 Å². The van der Waals surface area contributed by atoms with Crippen LogP contribution in [0, 0.1) is 3.57 Å². The van der Waals surface area contributed by atoms with Gasteiger partial charge in [0.2, 0.25) is 5.91 Å². The van der Waals surface area contributed by atoms with Crippen LogP contribution in [-0.4, -0.2) is 33.5 Å². The van der Waals surface area contributed by atoms with Crippen molar-refractivity contribution in [3.63, 3.8) is 0 Å². The van der Waals surface area contributed by atoms with E-state index in [1.165, 1.54) is 11.0 Å². The first kappa shape index (κ1) is 39.3. The van der Waals surface area contributed by atoms with E-state index in [-0.39, 0.29) is 29.0 Å². The van der Waals surface area contributed by atoms with Crippen molar-refractivity contribution in [1.82, 2.24) is 10.2 Å². The second kappa shape index (κ2) is 18.7. The number of benzene rings is 4. The Morgan fingerprint density at radius 3 is 2.31 bits per heavy atom. The van der Waals surface area contributed by atoms with Crippen LogP contribution in [0.15, 0.2) is 143 Å². The normalized spacial score (nSPS) is 14.3. The van der Waals surface area contributed by atoms with Crippen molar-refractivity contribution in [1.29, 1.82) is 0 Å². The molecule has 0 radical (unpaired) electrons. The maximum Gasteiger partial charge on any atom is 0.285 e. The predicted octanol–water partition coefficient (Wildman–Crippen LogP) is 10.3. The Morgan fingerprint density at radius 2 is 1.71 bits per heavy atom. The first-order valence-corrected chi connectivity index (χ1v) is 19.4. The molecule has 1 heterocycles. The number of allylic oxidation sites excluding steroid dienone is 4. The van der Waals surface area contributed by atoms with Gasteiger partial charge in [0, 0.05) is 21.3 Å². The molecule has 0 atom stereocenters. The molecule has 5 rings (SSSR count). The zero-order valence-electron chi connectivity index (χ0n) is 27.7. The number of aliphatic imine (C=N–C) groups is 1. The number of carbonyl (C=O) groups is 3. The summed E-state index contributed by atoms with van der Waals surface area (Å²) in [6.07, 6.45) is 8.16. The number of amidine groups is 1. The van der Waals surface area contributed by atoms with Crippen LogP contribution in [-0.2, 0) is 21.0 Å². The molecule has 264 valence electrons. The summed E-state index contributed by atoms with van der Waals surface area (Å²) in [5, 5.41) is 4.20. The quantitative estimate of drug-likeness (QED) is 0.0662. The molecular weight excluding hydrogens is 896 g/mol. The number of rotatable bonds is 12. The van der Waals surface area contributed by atoms with Crippen molar-refractivity contribution in [3.8, 4) is 5.75 Å². The fraction of sp³-hybridized carbons (Fsp3) is 0.100. The molecule has 52 heavy (non-hydrogen) atoms. The van der Waals surface area contributed by atoms with E-state index in [9.17, 15) is 14.4 Å². The molecule has 0 saturated carbocycles. The highest BCUT2D eigenvalue weighted by atomic mass is 127. The van der Waals surface area contributed by atoms with Crippen LogP contribution < -0.4 is 10.1 Å². The molecule has 0 unspecified atom stereocenters. The molecule has 1 N–H and O–H groups in total. The van der Waals surface area contributed by atoms with Crippen molar-refractivity contribution in [3.05, 3.63) is 173 Å². The zero-order chi connectivity index (χ0) is 37.2. The van der Waals surface area contributed by atoms with Gasteiger partial charge in [-0.2, -0.15) is 4.99 Å². The highest BCUT2D eigenvalue weighted by molar-refractivity contribution is 14.1. The highest BCUT2D eigenvalue weighted by Gasteiger charge is 2.35. The molecule has 0 aromatic heterocycles. The van der Waals surface area contributed by atoms with Crippen molar-refractivity contribution < 1.29 is 19.1 Å². The number of hydrogen-bond donors (Lipinski definition) is 1. The van der Waals surface area contributed by atoms with Gasteiger partial charge in [0.05, 0.1) is 19.8 Å². The first-order valence-electron chi connectivity index (χ1n) is 15.8. The summed E-state index contributed by atoms with van der Waals surface area (Å²) >= 11 is 19.1. The largest absolute Gasteiger partial charge is 0.487 e. The minimum Gasteiger partial charge on any atom is -0.487 e. The Morgan fingerprint density at radius 1 is 1.04 bits per heavy atom. The maximum absolute atomic E-state index is 14.1. The molecule has 0 aliphatic carbocycles. The number of amides is 3. The Kier molecular flexibility index (Phi) is 14.1. The number of nitrogens with zero attached hydrogens (tertiary/aromatic N) is 2.